The van der Waals surface area contributed by atoms with Gasteiger partial charge in [0.25, 0.3) is 11.9 Å². The molecule has 0 atom stereocenters. The zero-order chi connectivity index (χ0) is 22.5. The Bertz CT molecular complexity index is 1080. The maximum absolute atomic E-state index is 12.6. The Labute approximate surface area is 185 Å². The van der Waals surface area contributed by atoms with Crippen molar-refractivity contribution in [3.05, 3.63) is 47.5 Å². The number of nitrogens with two attached hydrogens (primary N) is 1. The number of aromatic nitrogens is 1. The summed E-state index contributed by atoms with van der Waals surface area (Å²) in [6.07, 6.45) is 1.82. The van der Waals surface area contributed by atoms with Crippen molar-refractivity contribution in [2.45, 2.75) is 25.4 Å². The molecule has 1 radical (unpaired) electrons. The van der Waals surface area contributed by atoms with Crippen LogP contribution in [0.1, 0.15) is 28.8 Å². The topological polar surface area (TPSA) is 103 Å². The third kappa shape index (κ3) is 4.62. The number of methoxy groups -OCH3 is 1. The number of rotatable bonds is 9. The second-order valence-corrected chi connectivity index (χ2v) is 7.56. The fraction of sp³-hybridized carbons (Fsp3) is 0.391. The average Bonchev–Trinajstić information content (AvgIpc) is 3.25. The van der Waals surface area contributed by atoms with Gasteiger partial charge in [-0.1, -0.05) is 6.07 Å². The summed E-state index contributed by atoms with van der Waals surface area (Å²) in [5.74, 6) is 0.420. The number of amides is 1. The van der Waals surface area contributed by atoms with Gasteiger partial charge >= 0.3 is 0 Å². The van der Waals surface area contributed by atoms with Gasteiger partial charge in [-0.15, -0.1) is 0 Å². The van der Waals surface area contributed by atoms with Crippen LogP contribution in [-0.2, 0) is 6.54 Å². The normalized spacial score (nSPS) is 14.4. The Morgan fingerprint density at radius 3 is 2.88 bits per heavy atom. The lowest BCUT2D eigenvalue weighted by molar-refractivity contribution is 0.100. The predicted molar refractivity (Wildman–Crippen MR) is 118 cm³/mol. The molecule has 0 spiro atoms. The maximum atomic E-state index is 12.6. The minimum atomic E-state index is -0.603. The molecule has 1 aliphatic rings. The third-order valence-electron chi connectivity index (χ3n) is 5.50. The molecule has 1 amide bonds. The predicted octanol–water partition coefficient (Wildman–Crippen LogP) is 2.84. The zero-order valence-electron chi connectivity index (χ0n) is 17.9. The van der Waals surface area contributed by atoms with E-state index in [0.717, 1.165) is 31.5 Å². The molecule has 32 heavy (non-hydrogen) atoms. The van der Waals surface area contributed by atoms with Crippen molar-refractivity contribution in [2.24, 2.45) is 5.73 Å². The smallest absolute Gasteiger partial charge is 0.298 e. The number of piperidine rings is 1. The number of primary amides is 1. The van der Waals surface area contributed by atoms with E-state index in [0.29, 0.717) is 35.2 Å². The van der Waals surface area contributed by atoms with Gasteiger partial charge in [-0.2, -0.15) is 4.98 Å². The molecule has 0 bridgehead atoms. The largest absolute Gasteiger partial charge is 0.493 e. The first-order valence-corrected chi connectivity index (χ1v) is 10.5. The number of hydrogen-bond donors (Lipinski definition) is 2. The van der Waals surface area contributed by atoms with Gasteiger partial charge in [-0.05, 0) is 61.8 Å². The average molecular weight is 441 g/mol. The van der Waals surface area contributed by atoms with Crippen molar-refractivity contribution in [2.75, 3.05) is 38.4 Å². The minimum Gasteiger partial charge on any atom is -0.493 e. The molecule has 1 aliphatic heterocycles. The summed E-state index contributed by atoms with van der Waals surface area (Å²) in [6.45, 7) is 1.62. The van der Waals surface area contributed by atoms with E-state index in [4.69, 9.17) is 19.6 Å². The van der Waals surface area contributed by atoms with Crippen LogP contribution in [0.5, 0.6) is 11.5 Å². The van der Waals surface area contributed by atoms with E-state index in [1.54, 1.807) is 25.3 Å². The summed E-state index contributed by atoms with van der Waals surface area (Å²) < 4.78 is 29.5. The Kier molecular flexibility index (Phi) is 6.75. The van der Waals surface area contributed by atoms with Crippen molar-refractivity contribution in [3.63, 3.8) is 0 Å². The first-order valence-electron chi connectivity index (χ1n) is 10.5. The highest BCUT2D eigenvalue weighted by molar-refractivity contribution is 6.03. The highest BCUT2D eigenvalue weighted by Gasteiger charge is 2.27. The second kappa shape index (κ2) is 9.86. The van der Waals surface area contributed by atoms with Gasteiger partial charge in [0.1, 0.15) is 18.8 Å². The van der Waals surface area contributed by atoms with Crippen LogP contribution in [-0.4, -0.2) is 50.4 Å². The molecule has 1 saturated heterocycles. The van der Waals surface area contributed by atoms with Crippen molar-refractivity contribution >= 4 is 23.0 Å². The number of carbonyl (C=O) groups is 1. The number of hydrogen-bond acceptors (Lipinski definition) is 7. The number of ether oxygens (including phenoxy) is 2. The summed E-state index contributed by atoms with van der Waals surface area (Å²) in [5, 5.41) is 3.37. The van der Waals surface area contributed by atoms with Gasteiger partial charge in [-0.3, -0.25) is 4.79 Å². The molecule has 0 aliphatic carbocycles. The lowest BCUT2D eigenvalue weighted by Gasteiger charge is -2.33. The number of halogens is 1. The van der Waals surface area contributed by atoms with Gasteiger partial charge in [-0.25, -0.2) is 4.39 Å². The monoisotopic (exact) mass is 441 g/mol. The molecule has 2 heterocycles. The zero-order valence-corrected chi connectivity index (χ0v) is 17.9. The van der Waals surface area contributed by atoms with E-state index in [1.165, 1.54) is 0 Å². The van der Waals surface area contributed by atoms with Crippen LogP contribution in [0.4, 0.5) is 10.4 Å². The Morgan fingerprint density at radius 2 is 2.16 bits per heavy atom. The van der Waals surface area contributed by atoms with Gasteiger partial charge < -0.3 is 29.8 Å². The van der Waals surface area contributed by atoms with Crippen LogP contribution in [0.15, 0.2) is 34.7 Å². The molecule has 4 rings (SSSR count). The quantitative estimate of drug-likeness (QED) is 0.526. The molecule has 2 aromatic carbocycles. The molecular weight excluding hydrogens is 415 g/mol. The first kappa shape index (κ1) is 21.9. The molecule has 8 nitrogen and oxygen atoms in total. The van der Waals surface area contributed by atoms with Gasteiger partial charge in [0, 0.05) is 12.6 Å². The molecule has 1 fully saturated rings. The second-order valence-electron chi connectivity index (χ2n) is 7.56. The van der Waals surface area contributed by atoms with E-state index in [9.17, 15) is 9.18 Å². The van der Waals surface area contributed by atoms with Gasteiger partial charge in [0.2, 0.25) is 0 Å². The van der Waals surface area contributed by atoms with Crippen molar-refractivity contribution in [1.82, 2.24) is 10.3 Å². The van der Waals surface area contributed by atoms with Crippen molar-refractivity contribution < 1.29 is 23.1 Å². The minimum absolute atomic E-state index is 0.0463. The first-order chi connectivity index (χ1) is 15.6. The van der Waals surface area contributed by atoms with Crippen LogP contribution in [0.25, 0.3) is 11.1 Å². The van der Waals surface area contributed by atoms with Gasteiger partial charge in [0.15, 0.2) is 17.1 Å². The fourth-order valence-corrected chi connectivity index (χ4v) is 3.94. The van der Waals surface area contributed by atoms with E-state index < -0.39 is 12.6 Å². The molecule has 0 unspecified atom stereocenters. The lowest BCUT2D eigenvalue weighted by Crippen LogP contribution is -2.43. The van der Waals surface area contributed by atoms with Crippen molar-refractivity contribution in [3.8, 4) is 11.5 Å². The molecular formula is C23H26FN4O4. The number of fused-ring (bicyclic) bond motifs is 1. The Hall–Kier alpha value is -3.33. The number of alkyl halides is 1. The van der Waals surface area contributed by atoms with Crippen LogP contribution in [0.3, 0.4) is 0 Å². The fourth-order valence-electron chi connectivity index (χ4n) is 3.94. The van der Waals surface area contributed by atoms with Crippen LogP contribution in [0, 0.1) is 6.07 Å². The SMILES string of the molecule is COc1ccc(CN(c2nc3c(C(N)=O)[c]ccc3o2)C2CCNCC2)cc1OCCF. The van der Waals surface area contributed by atoms with E-state index in [2.05, 4.69) is 21.3 Å². The van der Waals surface area contributed by atoms with E-state index in [1.807, 2.05) is 12.1 Å². The summed E-state index contributed by atoms with van der Waals surface area (Å²) in [4.78, 5) is 18.5. The van der Waals surface area contributed by atoms with Crippen LogP contribution < -0.4 is 25.4 Å². The summed E-state index contributed by atoms with van der Waals surface area (Å²) in [7, 11) is 1.55. The number of nitrogens with zero attached hydrogens (tertiary/aromatic N) is 2. The molecule has 169 valence electrons. The standard InChI is InChI=1S/C23H26FN4O4/c1-30-18-6-5-15(13-20(18)31-12-9-24)14-28(16-7-10-26-11-8-16)23-27-21-17(22(25)29)3-2-4-19(21)32-23/h2,4-6,13,16,26H,7-12,14H2,1H3,(H2,25,29). The molecule has 3 aromatic rings. The maximum Gasteiger partial charge on any atom is 0.298 e. The number of carbonyl (C=O) groups excluding carboxylic acids is 1. The van der Waals surface area contributed by atoms with Gasteiger partial charge in [0.05, 0.1) is 12.7 Å². The molecule has 3 N–H and O–H groups in total. The van der Waals surface area contributed by atoms with E-state index >= 15 is 0 Å². The number of benzene rings is 2. The third-order valence-corrected chi connectivity index (χ3v) is 5.50. The summed E-state index contributed by atoms with van der Waals surface area (Å²) in [5.41, 5.74) is 7.50. The van der Waals surface area contributed by atoms with Crippen LogP contribution >= 0.6 is 0 Å². The van der Waals surface area contributed by atoms with E-state index in [-0.39, 0.29) is 18.2 Å². The summed E-state index contributed by atoms with van der Waals surface area (Å²) in [6, 6.07) is 12.3. The number of oxazole rings is 1. The Morgan fingerprint density at radius 1 is 1.34 bits per heavy atom. The summed E-state index contributed by atoms with van der Waals surface area (Å²) >= 11 is 0. The number of nitrogens with one attached hydrogen (secondary N) is 1. The molecule has 0 saturated carbocycles. The Balaban J connectivity index is 1.70. The van der Waals surface area contributed by atoms with Crippen molar-refractivity contribution in [1.29, 1.82) is 0 Å². The number of anilines is 1. The molecule has 1 aromatic heterocycles. The van der Waals surface area contributed by atoms with Crippen LogP contribution in [0.2, 0.25) is 0 Å². The highest BCUT2D eigenvalue weighted by Crippen LogP contribution is 2.32. The highest BCUT2D eigenvalue weighted by atomic mass is 19.1. The molecule has 9 heteroatoms. The lowest BCUT2D eigenvalue weighted by atomic mass is 10.0.